The molecule has 0 saturated carbocycles. The third kappa shape index (κ3) is 2.48. The predicted molar refractivity (Wildman–Crippen MR) is 68.6 cm³/mol. The SMILES string of the molecule is Cc1cc(Cl)ccc1-c1ccc(C(=O)O)cc1. The molecule has 0 aromatic heterocycles. The fourth-order valence-corrected chi connectivity index (χ4v) is 1.97. The summed E-state index contributed by atoms with van der Waals surface area (Å²) in [6.07, 6.45) is 0. The van der Waals surface area contributed by atoms with Crippen molar-refractivity contribution in [3.8, 4) is 11.1 Å². The van der Waals surface area contributed by atoms with Gasteiger partial charge < -0.3 is 5.11 Å². The molecule has 0 aliphatic heterocycles. The van der Waals surface area contributed by atoms with E-state index in [1.54, 1.807) is 24.3 Å². The summed E-state index contributed by atoms with van der Waals surface area (Å²) in [7, 11) is 0. The van der Waals surface area contributed by atoms with Gasteiger partial charge >= 0.3 is 5.97 Å². The van der Waals surface area contributed by atoms with Crippen LogP contribution in [0.1, 0.15) is 15.9 Å². The van der Waals surface area contributed by atoms with Gasteiger partial charge in [0, 0.05) is 5.02 Å². The number of aryl methyl sites for hydroxylation is 1. The summed E-state index contributed by atoms with van der Waals surface area (Å²) in [4.78, 5) is 10.7. The summed E-state index contributed by atoms with van der Waals surface area (Å²) in [5, 5.41) is 9.52. The molecule has 0 spiro atoms. The number of halogens is 1. The Hall–Kier alpha value is -1.80. The highest BCUT2D eigenvalue weighted by atomic mass is 35.5. The van der Waals surface area contributed by atoms with Gasteiger partial charge in [0.1, 0.15) is 0 Å². The van der Waals surface area contributed by atoms with Crippen molar-refractivity contribution in [2.45, 2.75) is 6.92 Å². The largest absolute Gasteiger partial charge is 0.478 e. The van der Waals surface area contributed by atoms with Crippen LogP contribution in [0.4, 0.5) is 0 Å². The zero-order chi connectivity index (χ0) is 12.4. The van der Waals surface area contributed by atoms with Gasteiger partial charge in [-0.3, -0.25) is 0 Å². The van der Waals surface area contributed by atoms with Crippen LogP contribution in [0.3, 0.4) is 0 Å². The lowest BCUT2D eigenvalue weighted by Crippen LogP contribution is -1.95. The Morgan fingerprint density at radius 2 is 1.76 bits per heavy atom. The molecule has 2 rings (SSSR count). The van der Waals surface area contributed by atoms with Gasteiger partial charge in [0.25, 0.3) is 0 Å². The zero-order valence-electron chi connectivity index (χ0n) is 9.27. The summed E-state index contributed by atoms with van der Waals surface area (Å²) in [6, 6.07) is 12.5. The standard InChI is InChI=1S/C14H11ClO2/c1-9-8-12(15)6-7-13(9)10-2-4-11(5-3-10)14(16)17/h2-8H,1H3,(H,16,17). The second-order valence-electron chi connectivity index (χ2n) is 3.84. The lowest BCUT2D eigenvalue weighted by Gasteiger charge is -2.06. The Kier molecular flexibility index (Phi) is 3.16. The topological polar surface area (TPSA) is 37.3 Å². The van der Waals surface area contributed by atoms with Crippen LogP contribution >= 0.6 is 11.6 Å². The summed E-state index contributed by atoms with van der Waals surface area (Å²) < 4.78 is 0. The molecule has 0 aliphatic rings. The molecule has 86 valence electrons. The molecule has 0 aliphatic carbocycles. The van der Waals surface area contributed by atoms with Crippen molar-refractivity contribution in [1.82, 2.24) is 0 Å². The number of carboxylic acids is 1. The van der Waals surface area contributed by atoms with E-state index in [4.69, 9.17) is 16.7 Å². The maximum atomic E-state index is 10.7. The highest BCUT2D eigenvalue weighted by Crippen LogP contribution is 2.26. The number of hydrogen-bond donors (Lipinski definition) is 1. The van der Waals surface area contributed by atoms with Gasteiger partial charge in [-0.25, -0.2) is 4.79 Å². The number of aromatic carboxylic acids is 1. The Morgan fingerprint density at radius 3 is 2.29 bits per heavy atom. The molecule has 0 amide bonds. The summed E-state index contributed by atoms with van der Waals surface area (Å²) in [5.41, 5.74) is 3.41. The van der Waals surface area contributed by atoms with Gasteiger partial charge in [0.05, 0.1) is 5.56 Å². The molecule has 2 aromatic carbocycles. The van der Waals surface area contributed by atoms with Crippen LogP contribution < -0.4 is 0 Å². The minimum Gasteiger partial charge on any atom is -0.478 e. The van der Waals surface area contributed by atoms with E-state index in [2.05, 4.69) is 0 Å². The van der Waals surface area contributed by atoms with E-state index >= 15 is 0 Å². The zero-order valence-corrected chi connectivity index (χ0v) is 10.0. The molecule has 2 aromatic rings. The molecular formula is C14H11ClO2. The molecule has 0 bridgehead atoms. The second-order valence-corrected chi connectivity index (χ2v) is 4.28. The quantitative estimate of drug-likeness (QED) is 0.869. The summed E-state index contributed by atoms with van der Waals surface area (Å²) in [6.45, 7) is 1.98. The number of carbonyl (C=O) groups is 1. The number of benzene rings is 2. The first-order valence-corrected chi connectivity index (χ1v) is 5.55. The maximum absolute atomic E-state index is 10.7. The fourth-order valence-electron chi connectivity index (χ4n) is 1.74. The Morgan fingerprint density at radius 1 is 1.12 bits per heavy atom. The predicted octanol–water partition coefficient (Wildman–Crippen LogP) is 4.01. The number of hydrogen-bond acceptors (Lipinski definition) is 1. The van der Waals surface area contributed by atoms with Crippen LogP contribution in [0.25, 0.3) is 11.1 Å². The first-order valence-electron chi connectivity index (χ1n) is 5.18. The molecule has 17 heavy (non-hydrogen) atoms. The van der Waals surface area contributed by atoms with Crippen molar-refractivity contribution < 1.29 is 9.90 Å². The molecule has 0 atom stereocenters. The van der Waals surface area contributed by atoms with Crippen LogP contribution in [0.15, 0.2) is 42.5 Å². The van der Waals surface area contributed by atoms with Crippen molar-refractivity contribution >= 4 is 17.6 Å². The summed E-state index contributed by atoms with van der Waals surface area (Å²) in [5.74, 6) is -0.913. The highest BCUT2D eigenvalue weighted by Gasteiger charge is 2.05. The van der Waals surface area contributed by atoms with Crippen LogP contribution in [0, 0.1) is 6.92 Å². The van der Waals surface area contributed by atoms with E-state index in [0.29, 0.717) is 10.6 Å². The average molecular weight is 247 g/mol. The van der Waals surface area contributed by atoms with Gasteiger partial charge in [0.2, 0.25) is 0 Å². The Labute approximate surface area is 104 Å². The number of carboxylic acid groups (broad SMARTS) is 1. The maximum Gasteiger partial charge on any atom is 0.335 e. The molecule has 0 fully saturated rings. The van der Waals surface area contributed by atoms with E-state index in [0.717, 1.165) is 16.7 Å². The third-order valence-electron chi connectivity index (χ3n) is 2.63. The second kappa shape index (κ2) is 4.60. The molecule has 0 radical (unpaired) electrons. The minimum absolute atomic E-state index is 0.292. The molecule has 3 heteroatoms. The van der Waals surface area contributed by atoms with Gasteiger partial charge in [-0.05, 0) is 47.9 Å². The normalized spacial score (nSPS) is 10.2. The molecular weight excluding hydrogens is 236 g/mol. The van der Waals surface area contributed by atoms with Crippen LogP contribution in [-0.2, 0) is 0 Å². The van der Waals surface area contributed by atoms with E-state index in [-0.39, 0.29) is 0 Å². The van der Waals surface area contributed by atoms with Gasteiger partial charge in [0.15, 0.2) is 0 Å². The molecule has 1 N–H and O–H groups in total. The first kappa shape index (κ1) is 11.7. The van der Waals surface area contributed by atoms with Crippen LogP contribution in [0.5, 0.6) is 0 Å². The Balaban J connectivity index is 2.43. The summed E-state index contributed by atoms with van der Waals surface area (Å²) >= 11 is 5.89. The molecule has 0 heterocycles. The minimum atomic E-state index is -0.913. The van der Waals surface area contributed by atoms with Crippen molar-refractivity contribution in [3.63, 3.8) is 0 Å². The fraction of sp³-hybridized carbons (Fsp3) is 0.0714. The van der Waals surface area contributed by atoms with E-state index in [9.17, 15) is 4.79 Å². The van der Waals surface area contributed by atoms with Crippen molar-refractivity contribution in [2.75, 3.05) is 0 Å². The average Bonchev–Trinajstić information content (AvgIpc) is 2.29. The van der Waals surface area contributed by atoms with Crippen molar-refractivity contribution in [2.24, 2.45) is 0 Å². The van der Waals surface area contributed by atoms with E-state index < -0.39 is 5.97 Å². The lowest BCUT2D eigenvalue weighted by molar-refractivity contribution is 0.0697. The first-order chi connectivity index (χ1) is 8.08. The van der Waals surface area contributed by atoms with Crippen molar-refractivity contribution in [1.29, 1.82) is 0 Å². The van der Waals surface area contributed by atoms with Crippen LogP contribution in [-0.4, -0.2) is 11.1 Å². The monoisotopic (exact) mass is 246 g/mol. The van der Waals surface area contributed by atoms with Crippen LogP contribution in [0.2, 0.25) is 5.02 Å². The third-order valence-corrected chi connectivity index (χ3v) is 2.87. The van der Waals surface area contributed by atoms with Gasteiger partial charge in [-0.15, -0.1) is 0 Å². The van der Waals surface area contributed by atoms with E-state index in [1.807, 2.05) is 25.1 Å². The lowest BCUT2D eigenvalue weighted by atomic mass is 10.00. The number of rotatable bonds is 2. The van der Waals surface area contributed by atoms with Gasteiger partial charge in [-0.2, -0.15) is 0 Å². The molecule has 2 nitrogen and oxygen atoms in total. The molecule has 0 unspecified atom stereocenters. The van der Waals surface area contributed by atoms with E-state index in [1.165, 1.54) is 0 Å². The van der Waals surface area contributed by atoms with Gasteiger partial charge in [-0.1, -0.05) is 29.8 Å². The smallest absolute Gasteiger partial charge is 0.335 e. The Bertz CT molecular complexity index is 559. The highest BCUT2D eigenvalue weighted by molar-refractivity contribution is 6.30. The van der Waals surface area contributed by atoms with Crippen molar-refractivity contribution in [3.05, 3.63) is 58.6 Å². The molecule has 0 saturated heterocycles.